The summed E-state index contributed by atoms with van der Waals surface area (Å²) in [6.07, 6.45) is 0. The lowest BCUT2D eigenvalue weighted by Gasteiger charge is -2.10. The second kappa shape index (κ2) is 5.88. The predicted octanol–water partition coefficient (Wildman–Crippen LogP) is 4.97. The molecule has 5 nitrogen and oxygen atoms in total. The van der Waals surface area contributed by atoms with Crippen molar-refractivity contribution in [2.75, 3.05) is 7.11 Å². The van der Waals surface area contributed by atoms with Crippen LogP contribution in [0, 0.1) is 13.8 Å². The average Bonchev–Trinajstić information content (AvgIpc) is 3.07. The lowest BCUT2D eigenvalue weighted by Crippen LogP contribution is -2.02. The molecular weight excluding hydrogens is 330 g/mol. The van der Waals surface area contributed by atoms with Crippen LogP contribution >= 0.6 is 0 Å². The van der Waals surface area contributed by atoms with Gasteiger partial charge in [0.15, 0.2) is 5.76 Å². The Labute approximate surface area is 149 Å². The Hall–Kier alpha value is -3.34. The van der Waals surface area contributed by atoms with Crippen LogP contribution in [-0.4, -0.2) is 23.2 Å². The maximum absolute atomic E-state index is 11.8. The van der Waals surface area contributed by atoms with Gasteiger partial charge in [-0.2, -0.15) is 0 Å². The van der Waals surface area contributed by atoms with Crippen molar-refractivity contribution in [3.63, 3.8) is 0 Å². The molecular formula is C21H17NO4. The summed E-state index contributed by atoms with van der Waals surface area (Å²) in [4.78, 5) is 16.5. The normalized spacial score (nSPS) is 11.2. The van der Waals surface area contributed by atoms with Gasteiger partial charge in [-0.05, 0) is 49.2 Å². The van der Waals surface area contributed by atoms with E-state index < -0.39 is 5.97 Å². The molecule has 0 unspecified atom stereocenters. The van der Waals surface area contributed by atoms with Gasteiger partial charge in [-0.15, -0.1) is 0 Å². The molecule has 4 rings (SSSR count). The molecule has 2 heterocycles. The van der Waals surface area contributed by atoms with Gasteiger partial charge >= 0.3 is 5.97 Å². The Bertz CT molecular complexity index is 1170. The number of hydrogen-bond acceptors (Lipinski definition) is 4. The average molecular weight is 347 g/mol. The van der Waals surface area contributed by atoms with Gasteiger partial charge in [0.25, 0.3) is 0 Å². The summed E-state index contributed by atoms with van der Waals surface area (Å²) in [6, 6.07) is 12.9. The Kier molecular flexibility index (Phi) is 3.65. The van der Waals surface area contributed by atoms with E-state index in [1.165, 1.54) is 0 Å². The summed E-state index contributed by atoms with van der Waals surface area (Å²) < 4.78 is 11.1. The molecule has 0 radical (unpaired) electrons. The Balaban J connectivity index is 2.00. The highest BCUT2D eigenvalue weighted by Gasteiger charge is 2.18. The second-order valence-corrected chi connectivity index (χ2v) is 6.30. The van der Waals surface area contributed by atoms with Crippen molar-refractivity contribution in [2.24, 2.45) is 0 Å². The number of nitrogens with zero attached hydrogens (tertiary/aromatic N) is 1. The number of aryl methyl sites for hydroxylation is 2. The molecule has 26 heavy (non-hydrogen) atoms. The van der Waals surface area contributed by atoms with E-state index in [0.717, 1.165) is 16.5 Å². The first-order valence-electron chi connectivity index (χ1n) is 8.20. The molecule has 0 aliphatic carbocycles. The van der Waals surface area contributed by atoms with Crippen molar-refractivity contribution < 1.29 is 19.1 Å². The Morgan fingerprint density at radius 2 is 1.85 bits per heavy atom. The molecule has 0 fully saturated rings. The van der Waals surface area contributed by atoms with E-state index in [0.29, 0.717) is 33.7 Å². The second-order valence-electron chi connectivity index (χ2n) is 6.30. The van der Waals surface area contributed by atoms with Crippen molar-refractivity contribution >= 4 is 27.8 Å². The van der Waals surface area contributed by atoms with Crippen LogP contribution < -0.4 is 4.74 Å². The number of aromatic carboxylic acids is 1. The number of aromatic nitrogens is 1. The molecule has 0 saturated carbocycles. The van der Waals surface area contributed by atoms with Gasteiger partial charge in [0, 0.05) is 16.8 Å². The van der Waals surface area contributed by atoms with Crippen LogP contribution in [0.5, 0.6) is 5.75 Å². The van der Waals surface area contributed by atoms with Crippen LogP contribution in [0.2, 0.25) is 0 Å². The lowest BCUT2D eigenvalue weighted by atomic mass is 9.99. The fraction of sp³-hybridized carbons (Fsp3) is 0.143. The lowest BCUT2D eigenvalue weighted by molar-refractivity contribution is 0.0699. The van der Waals surface area contributed by atoms with Crippen molar-refractivity contribution in [1.29, 1.82) is 0 Å². The molecule has 0 atom stereocenters. The fourth-order valence-corrected chi connectivity index (χ4v) is 3.20. The van der Waals surface area contributed by atoms with E-state index in [9.17, 15) is 9.90 Å². The third-order valence-corrected chi connectivity index (χ3v) is 4.58. The number of fused-ring (bicyclic) bond motifs is 2. The standard InChI is InChI=1S/C21H17NO4/c1-11-4-5-12(2)20-19(11)15(21(23)24)10-16(22-20)18-8-13-6-7-14(25-3)9-17(13)26-18/h4-10H,1-3H3,(H,23,24). The van der Waals surface area contributed by atoms with Crippen LogP contribution in [0.1, 0.15) is 21.5 Å². The maximum Gasteiger partial charge on any atom is 0.336 e. The zero-order valence-corrected chi connectivity index (χ0v) is 14.7. The molecule has 4 aromatic rings. The number of carboxylic acid groups (broad SMARTS) is 1. The predicted molar refractivity (Wildman–Crippen MR) is 99.9 cm³/mol. The van der Waals surface area contributed by atoms with Crippen molar-refractivity contribution in [2.45, 2.75) is 13.8 Å². The number of methoxy groups -OCH3 is 1. The molecule has 5 heteroatoms. The van der Waals surface area contributed by atoms with E-state index in [4.69, 9.17) is 14.1 Å². The third kappa shape index (κ3) is 2.49. The van der Waals surface area contributed by atoms with Crippen LogP contribution in [0.3, 0.4) is 0 Å². The molecule has 1 N–H and O–H groups in total. The molecule has 0 aliphatic rings. The molecule has 2 aromatic carbocycles. The van der Waals surface area contributed by atoms with Gasteiger partial charge in [0.2, 0.25) is 0 Å². The summed E-state index contributed by atoms with van der Waals surface area (Å²) in [6.45, 7) is 3.82. The number of ether oxygens (including phenoxy) is 1. The van der Waals surface area contributed by atoms with Gasteiger partial charge in [0.1, 0.15) is 17.0 Å². The van der Waals surface area contributed by atoms with Crippen LogP contribution in [0.4, 0.5) is 0 Å². The first-order valence-corrected chi connectivity index (χ1v) is 8.20. The van der Waals surface area contributed by atoms with Gasteiger partial charge in [-0.25, -0.2) is 9.78 Å². The number of benzene rings is 2. The van der Waals surface area contributed by atoms with Gasteiger partial charge in [-0.3, -0.25) is 0 Å². The van der Waals surface area contributed by atoms with Gasteiger partial charge in [-0.1, -0.05) is 12.1 Å². The number of hydrogen-bond donors (Lipinski definition) is 1. The highest BCUT2D eigenvalue weighted by molar-refractivity contribution is 6.06. The number of carbonyl (C=O) groups is 1. The highest BCUT2D eigenvalue weighted by atomic mass is 16.5. The zero-order chi connectivity index (χ0) is 18.4. The topological polar surface area (TPSA) is 72.6 Å². The van der Waals surface area contributed by atoms with E-state index in [1.54, 1.807) is 19.2 Å². The van der Waals surface area contributed by atoms with Crippen molar-refractivity contribution in [3.05, 3.63) is 59.2 Å². The van der Waals surface area contributed by atoms with E-state index in [1.807, 2.05) is 44.2 Å². The van der Waals surface area contributed by atoms with E-state index >= 15 is 0 Å². The number of furan rings is 1. The molecule has 0 saturated heterocycles. The van der Waals surface area contributed by atoms with Gasteiger partial charge in [0.05, 0.1) is 18.2 Å². The Morgan fingerprint density at radius 3 is 2.58 bits per heavy atom. The minimum absolute atomic E-state index is 0.226. The maximum atomic E-state index is 11.8. The Morgan fingerprint density at radius 1 is 1.08 bits per heavy atom. The molecule has 0 bridgehead atoms. The van der Waals surface area contributed by atoms with E-state index in [2.05, 4.69) is 0 Å². The van der Waals surface area contributed by atoms with Crippen LogP contribution in [0.15, 0.2) is 46.9 Å². The molecule has 2 aromatic heterocycles. The fourth-order valence-electron chi connectivity index (χ4n) is 3.20. The van der Waals surface area contributed by atoms with Crippen LogP contribution in [0.25, 0.3) is 33.3 Å². The summed E-state index contributed by atoms with van der Waals surface area (Å²) in [7, 11) is 1.60. The third-order valence-electron chi connectivity index (χ3n) is 4.58. The molecule has 130 valence electrons. The number of pyridine rings is 1. The van der Waals surface area contributed by atoms with Crippen molar-refractivity contribution in [3.8, 4) is 17.2 Å². The van der Waals surface area contributed by atoms with E-state index in [-0.39, 0.29) is 5.56 Å². The zero-order valence-electron chi connectivity index (χ0n) is 14.7. The number of carboxylic acids is 1. The van der Waals surface area contributed by atoms with Crippen molar-refractivity contribution in [1.82, 2.24) is 4.98 Å². The SMILES string of the molecule is COc1ccc2cc(-c3cc(C(=O)O)c4c(C)ccc(C)c4n3)oc2c1. The minimum atomic E-state index is -0.981. The largest absolute Gasteiger partial charge is 0.497 e. The quantitative estimate of drug-likeness (QED) is 0.566. The smallest absolute Gasteiger partial charge is 0.336 e. The first kappa shape index (κ1) is 16.1. The summed E-state index contributed by atoms with van der Waals surface area (Å²) in [5.41, 5.74) is 3.88. The summed E-state index contributed by atoms with van der Waals surface area (Å²) >= 11 is 0. The van der Waals surface area contributed by atoms with Gasteiger partial charge < -0.3 is 14.3 Å². The monoisotopic (exact) mass is 347 g/mol. The molecule has 0 spiro atoms. The first-order chi connectivity index (χ1) is 12.5. The minimum Gasteiger partial charge on any atom is -0.497 e. The van der Waals surface area contributed by atoms with Crippen LogP contribution in [-0.2, 0) is 0 Å². The molecule has 0 aliphatic heterocycles. The number of rotatable bonds is 3. The highest BCUT2D eigenvalue weighted by Crippen LogP contribution is 2.33. The summed E-state index contributed by atoms with van der Waals surface area (Å²) in [5, 5.41) is 11.3. The molecule has 0 amide bonds. The summed E-state index contributed by atoms with van der Waals surface area (Å²) in [5.74, 6) is 0.242.